The molecule has 21 heavy (non-hydrogen) atoms. The highest BCUT2D eigenvalue weighted by Gasteiger charge is 2.30. The van der Waals surface area contributed by atoms with Crippen molar-refractivity contribution in [2.45, 2.75) is 39.1 Å². The van der Waals surface area contributed by atoms with Crippen LogP contribution in [0.15, 0.2) is 20.0 Å². The molecule has 1 rings (SSSR count). The molecule has 0 aromatic carbocycles. The predicted octanol–water partition coefficient (Wildman–Crippen LogP) is 3.06. The minimum atomic E-state index is -3.55. The number of halogens is 1. The van der Waals surface area contributed by atoms with E-state index in [9.17, 15) is 8.42 Å². The smallest absolute Gasteiger partial charge is 0.247 e. The third-order valence-corrected chi connectivity index (χ3v) is 5.50. The monoisotopic (exact) mass is 380 g/mol. The molecule has 122 valence electrons. The van der Waals surface area contributed by atoms with Crippen molar-refractivity contribution in [3.8, 4) is 0 Å². The van der Waals surface area contributed by atoms with Crippen LogP contribution in [0.4, 0.5) is 0 Å². The molecule has 0 radical (unpaired) electrons. The molecule has 0 bridgehead atoms. The molecule has 0 aliphatic heterocycles. The van der Waals surface area contributed by atoms with Gasteiger partial charge in [-0.1, -0.05) is 27.7 Å². The van der Waals surface area contributed by atoms with E-state index in [-0.39, 0.29) is 21.4 Å². The van der Waals surface area contributed by atoms with Crippen molar-refractivity contribution < 1.29 is 12.8 Å². The molecule has 0 fully saturated rings. The summed E-state index contributed by atoms with van der Waals surface area (Å²) in [5.74, 6) is 1.12. The third kappa shape index (κ3) is 5.09. The Balaban J connectivity index is 3.15. The molecule has 1 heterocycles. The van der Waals surface area contributed by atoms with Crippen LogP contribution < -0.4 is 5.32 Å². The highest BCUT2D eigenvalue weighted by Crippen LogP contribution is 2.29. The van der Waals surface area contributed by atoms with E-state index in [0.29, 0.717) is 25.4 Å². The zero-order valence-corrected chi connectivity index (χ0v) is 15.7. The molecule has 0 saturated carbocycles. The van der Waals surface area contributed by atoms with Crippen molar-refractivity contribution in [3.05, 3.63) is 16.5 Å². The van der Waals surface area contributed by atoms with Crippen LogP contribution in [0, 0.1) is 11.8 Å². The average Bonchev–Trinajstić information content (AvgIpc) is 2.69. The topological polar surface area (TPSA) is 62.6 Å². The molecular weight excluding hydrogens is 356 g/mol. The fourth-order valence-electron chi connectivity index (χ4n) is 2.06. The lowest BCUT2D eigenvalue weighted by molar-refractivity contribution is 0.332. The molecule has 0 amide bonds. The van der Waals surface area contributed by atoms with Gasteiger partial charge in [-0.15, -0.1) is 0 Å². The Morgan fingerprint density at radius 1 is 1.24 bits per heavy atom. The second-order valence-electron chi connectivity index (χ2n) is 5.99. The molecule has 0 aliphatic carbocycles. The molecule has 5 nitrogen and oxygen atoms in total. The molecule has 1 aromatic rings. The Labute approximate surface area is 136 Å². The molecule has 1 N–H and O–H groups in total. The second-order valence-corrected chi connectivity index (χ2v) is 8.62. The van der Waals surface area contributed by atoms with Crippen molar-refractivity contribution in [2.75, 3.05) is 20.1 Å². The van der Waals surface area contributed by atoms with Gasteiger partial charge in [-0.2, -0.15) is 4.31 Å². The first-order valence-corrected chi connectivity index (χ1v) is 9.34. The third-order valence-electron chi connectivity index (χ3n) is 2.81. The SMILES string of the molecule is CNCc1cc(S(=O)(=O)N(CC(C)C)CC(C)C)c(Br)o1. The summed E-state index contributed by atoms with van der Waals surface area (Å²) in [5.41, 5.74) is 0. The number of hydrogen-bond acceptors (Lipinski definition) is 4. The summed E-state index contributed by atoms with van der Waals surface area (Å²) < 4.78 is 33.0. The molecule has 0 saturated heterocycles. The van der Waals surface area contributed by atoms with E-state index in [4.69, 9.17) is 4.42 Å². The van der Waals surface area contributed by atoms with Gasteiger partial charge in [0.15, 0.2) is 4.67 Å². The van der Waals surface area contributed by atoms with E-state index < -0.39 is 10.0 Å². The zero-order valence-electron chi connectivity index (χ0n) is 13.3. The van der Waals surface area contributed by atoms with Gasteiger partial charge >= 0.3 is 0 Å². The highest BCUT2D eigenvalue weighted by atomic mass is 79.9. The van der Waals surface area contributed by atoms with Gasteiger partial charge in [-0.3, -0.25) is 0 Å². The van der Waals surface area contributed by atoms with Crippen LogP contribution in [-0.4, -0.2) is 32.9 Å². The van der Waals surface area contributed by atoms with Crippen molar-refractivity contribution in [1.82, 2.24) is 9.62 Å². The lowest BCUT2D eigenvalue weighted by atomic mass is 10.2. The lowest BCUT2D eigenvalue weighted by Gasteiger charge is -2.25. The fourth-order valence-corrected chi connectivity index (χ4v) is 4.79. The van der Waals surface area contributed by atoms with Gasteiger partial charge in [0, 0.05) is 19.2 Å². The molecule has 0 aliphatic rings. The molecular formula is C14H25BrN2O3S. The van der Waals surface area contributed by atoms with E-state index in [2.05, 4.69) is 21.2 Å². The van der Waals surface area contributed by atoms with Gasteiger partial charge in [0.1, 0.15) is 10.7 Å². The van der Waals surface area contributed by atoms with Crippen LogP contribution in [0.1, 0.15) is 33.5 Å². The number of furan rings is 1. The average molecular weight is 381 g/mol. The largest absolute Gasteiger partial charge is 0.452 e. The van der Waals surface area contributed by atoms with Gasteiger partial charge in [0.05, 0.1) is 6.54 Å². The van der Waals surface area contributed by atoms with Crippen molar-refractivity contribution in [2.24, 2.45) is 11.8 Å². The number of sulfonamides is 1. The summed E-state index contributed by atoms with van der Waals surface area (Å²) in [6.07, 6.45) is 0. The summed E-state index contributed by atoms with van der Waals surface area (Å²) in [6.45, 7) is 9.54. The first-order valence-electron chi connectivity index (χ1n) is 7.11. The van der Waals surface area contributed by atoms with Gasteiger partial charge in [-0.25, -0.2) is 8.42 Å². The zero-order chi connectivity index (χ0) is 16.2. The maximum atomic E-state index is 12.9. The van der Waals surface area contributed by atoms with Crippen LogP contribution in [0.3, 0.4) is 0 Å². The number of hydrogen-bond donors (Lipinski definition) is 1. The maximum absolute atomic E-state index is 12.9. The molecule has 0 unspecified atom stereocenters. The minimum absolute atomic E-state index is 0.203. The van der Waals surface area contributed by atoms with Gasteiger partial charge in [-0.05, 0) is 34.8 Å². The summed E-state index contributed by atoms with van der Waals surface area (Å²) in [4.78, 5) is 0.203. The van der Waals surface area contributed by atoms with Crippen LogP contribution in [-0.2, 0) is 16.6 Å². The van der Waals surface area contributed by atoms with Crippen LogP contribution in [0.5, 0.6) is 0 Å². The number of nitrogens with one attached hydrogen (secondary N) is 1. The summed E-state index contributed by atoms with van der Waals surface area (Å²) >= 11 is 3.22. The van der Waals surface area contributed by atoms with Crippen molar-refractivity contribution in [1.29, 1.82) is 0 Å². The maximum Gasteiger partial charge on any atom is 0.247 e. The first-order chi connectivity index (χ1) is 9.68. The standard InChI is InChI=1S/C14H25BrN2O3S/c1-10(2)8-17(9-11(3)4)21(18,19)13-6-12(7-16-5)20-14(13)15/h6,10-11,16H,7-9H2,1-5H3. The molecule has 7 heteroatoms. The molecule has 0 spiro atoms. The molecule has 1 aromatic heterocycles. The Kier molecular flexibility index (Phi) is 6.90. The number of rotatable bonds is 8. The van der Waals surface area contributed by atoms with Crippen molar-refractivity contribution in [3.63, 3.8) is 0 Å². The van der Waals surface area contributed by atoms with Gasteiger partial charge in [0.2, 0.25) is 10.0 Å². The highest BCUT2D eigenvalue weighted by molar-refractivity contribution is 9.10. The van der Waals surface area contributed by atoms with Gasteiger partial charge < -0.3 is 9.73 Å². The molecule has 0 atom stereocenters. The predicted molar refractivity (Wildman–Crippen MR) is 87.6 cm³/mol. The Hall–Kier alpha value is -0.370. The number of nitrogens with zero attached hydrogens (tertiary/aromatic N) is 1. The van der Waals surface area contributed by atoms with Crippen LogP contribution in [0.25, 0.3) is 0 Å². The minimum Gasteiger partial charge on any atom is -0.452 e. The summed E-state index contributed by atoms with van der Waals surface area (Å²) in [6, 6.07) is 1.59. The first kappa shape index (κ1) is 18.7. The van der Waals surface area contributed by atoms with Crippen LogP contribution >= 0.6 is 15.9 Å². The lowest BCUT2D eigenvalue weighted by Crippen LogP contribution is -2.37. The van der Waals surface area contributed by atoms with E-state index in [1.807, 2.05) is 27.7 Å². The van der Waals surface area contributed by atoms with Crippen molar-refractivity contribution >= 4 is 26.0 Å². The quantitative estimate of drug-likeness (QED) is 0.752. The normalized spacial score (nSPS) is 12.8. The van der Waals surface area contributed by atoms with Gasteiger partial charge in [0.25, 0.3) is 0 Å². The second kappa shape index (κ2) is 7.76. The fraction of sp³-hybridized carbons (Fsp3) is 0.714. The van der Waals surface area contributed by atoms with Crippen LogP contribution in [0.2, 0.25) is 0 Å². The van der Waals surface area contributed by atoms with E-state index in [0.717, 1.165) is 0 Å². The Bertz CT molecular complexity index is 543. The summed E-state index contributed by atoms with van der Waals surface area (Å²) in [7, 11) is -1.77. The Morgan fingerprint density at radius 3 is 2.19 bits per heavy atom. The van der Waals surface area contributed by atoms with E-state index >= 15 is 0 Å². The van der Waals surface area contributed by atoms with E-state index in [1.54, 1.807) is 17.4 Å². The van der Waals surface area contributed by atoms with E-state index in [1.165, 1.54) is 0 Å². The summed E-state index contributed by atoms with van der Waals surface area (Å²) in [5, 5.41) is 2.95. The Morgan fingerprint density at radius 2 is 1.76 bits per heavy atom.